The minimum Gasteiger partial charge on any atom is -0.261 e. The molecule has 0 saturated heterocycles. The largest absolute Gasteiger partial charge is 0.266 e. The Morgan fingerprint density at radius 2 is 1.89 bits per heavy atom. The van der Waals surface area contributed by atoms with Gasteiger partial charge in [-0.05, 0) is 24.3 Å². The smallest absolute Gasteiger partial charge is 0.261 e. The Labute approximate surface area is 113 Å². The summed E-state index contributed by atoms with van der Waals surface area (Å²) in [5.41, 5.74) is 0. The number of aromatic nitrogens is 1. The molecule has 19 heavy (non-hydrogen) atoms. The van der Waals surface area contributed by atoms with E-state index in [0.717, 1.165) is 12.1 Å². The Bertz CT molecular complexity index is 722. The maximum absolute atomic E-state index is 13.6. The average Bonchev–Trinajstić information content (AvgIpc) is 2.35. The van der Waals surface area contributed by atoms with Crippen LogP contribution in [-0.2, 0) is 10.0 Å². The summed E-state index contributed by atoms with van der Waals surface area (Å²) in [4.78, 5) is 2.84. The van der Waals surface area contributed by atoms with Crippen LogP contribution in [0.2, 0.25) is 5.02 Å². The summed E-state index contributed by atoms with van der Waals surface area (Å²) in [6.45, 7) is 0. The third kappa shape index (κ3) is 2.82. The first kappa shape index (κ1) is 13.7. The van der Waals surface area contributed by atoms with E-state index in [4.69, 9.17) is 11.6 Å². The third-order valence-corrected chi connectivity index (χ3v) is 3.84. The predicted octanol–water partition coefficient (Wildman–Crippen LogP) is 2.81. The number of pyridine rings is 1. The second-order valence-electron chi connectivity index (χ2n) is 3.49. The fourth-order valence-electron chi connectivity index (χ4n) is 1.33. The van der Waals surface area contributed by atoms with Crippen molar-refractivity contribution in [2.24, 2.45) is 0 Å². The highest BCUT2D eigenvalue weighted by molar-refractivity contribution is 7.92. The number of sulfonamides is 1. The number of halogens is 3. The molecule has 0 unspecified atom stereocenters. The Balaban J connectivity index is 2.44. The lowest BCUT2D eigenvalue weighted by molar-refractivity contribution is 0.569. The van der Waals surface area contributed by atoms with Crippen LogP contribution in [0, 0.1) is 11.6 Å². The number of hydrogen-bond donors (Lipinski definition) is 1. The minimum atomic E-state index is -4.30. The van der Waals surface area contributed by atoms with Crippen LogP contribution in [0.15, 0.2) is 41.4 Å². The summed E-state index contributed by atoms with van der Waals surface area (Å²) in [7, 11) is -4.30. The molecule has 1 aromatic heterocycles. The average molecular weight is 305 g/mol. The molecule has 1 heterocycles. The van der Waals surface area contributed by atoms with Crippen molar-refractivity contribution in [3.63, 3.8) is 0 Å². The van der Waals surface area contributed by atoms with Crippen LogP contribution in [0.5, 0.6) is 0 Å². The molecule has 0 radical (unpaired) electrons. The SMILES string of the molecule is O=S(=O)(Nc1ncccc1F)c1cccc(Cl)c1F. The molecule has 100 valence electrons. The Morgan fingerprint density at radius 1 is 1.16 bits per heavy atom. The maximum Gasteiger partial charge on any atom is 0.266 e. The first-order valence-electron chi connectivity index (χ1n) is 4.99. The Hall–Kier alpha value is -1.73. The molecule has 1 aromatic carbocycles. The predicted molar refractivity (Wildman–Crippen MR) is 66.4 cm³/mol. The van der Waals surface area contributed by atoms with Crippen molar-refractivity contribution in [2.75, 3.05) is 4.72 Å². The minimum absolute atomic E-state index is 0.343. The molecule has 8 heteroatoms. The molecule has 0 bridgehead atoms. The zero-order chi connectivity index (χ0) is 14.0. The Morgan fingerprint density at radius 3 is 2.58 bits per heavy atom. The first-order valence-corrected chi connectivity index (χ1v) is 6.85. The summed E-state index contributed by atoms with van der Waals surface area (Å²) < 4.78 is 52.6. The van der Waals surface area contributed by atoms with Gasteiger partial charge < -0.3 is 0 Å². The van der Waals surface area contributed by atoms with Crippen LogP contribution in [0.3, 0.4) is 0 Å². The highest BCUT2D eigenvalue weighted by Gasteiger charge is 2.22. The number of rotatable bonds is 3. The highest BCUT2D eigenvalue weighted by atomic mass is 35.5. The van der Waals surface area contributed by atoms with Gasteiger partial charge >= 0.3 is 0 Å². The second kappa shape index (κ2) is 5.10. The van der Waals surface area contributed by atoms with Gasteiger partial charge in [-0.25, -0.2) is 22.2 Å². The number of hydrogen-bond acceptors (Lipinski definition) is 3. The van der Waals surface area contributed by atoms with E-state index < -0.39 is 32.4 Å². The van der Waals surface area contributed by atoms with Gasteiger partial charge in [0.25, 0.3) is 10.0 Å². The normalized spacial score (nSPS) is 11.3. The van der Waals surface area contributed by atoms with Crippen molar-refractivity contribution in [1.29, 1.82) is 0 Å². The van der Waals surface area contributed by atoms with E-state index in [2.05, 4.69) is 4.98 Å². The molecule has 0 amide bonds. The zero-order valence-electron chi connectivity index (χ0n) is 9.27. The molecule has 1 N–H and O–H groups in total. The van der Waals surface area contributed by atoms with Crippen LogP contribution in [-0.4, -0.2) is 13.4 Å². The van der Waals surface area contributed by atoms with Gasteiger partial charge in [0.1, 0.15) is 4.90 Å². The number of nitrogens with zero attached hydrogens (tertiary/aromatic N) is 1. The van der Waals surface area contributed by atoms with Crippen molar-refractivity contribution in [2.45, 2.75) is 4.90 Å². The van der Waals surface area contributed by atoms with Crippen molar-refractivity contribution in [3.8, 4) is 0 Å². The third-order valence-electron chi connectivity index (χ3n) is 2.20. The molecule has 0 saturated carbocycles. The monoisotopic (exact) mass is 304 g/mol. The van der Waals surface area contributed by atoms with Crippen molar-refractivity contribution in [1.82, 2.24) is 4.98 Å². The van der Waals surface area contributed by atoms with E-state index in [1.54, 1.807) is 0 Å². The van der Waals surface area contributed by atoms with E-state index in [-0.39, 0.29) is 5.02 Å². The molecular weight excluding hydrogens is 298 g/mol. The lowest BCUT2D eigenvalue weighted by atomic mass is 10.3. The van der Waals surface area contributed by atoms with Crippen LogP contribution >= 0.6 is 11.6 Å². The fraction of sp³-hybridized carbons (Fsp3) is 0. The summed E-state index contributed by atoms with van der Waals surface area (Å²) in [6.07, 6.45) is 1.20. The standard InChI is InChI=1S/C11H7ClF2N2O2S/c12-7-3-1-5-9(10(7)14)19(17,18)16-11-8(13)4-2-6-15-11/h1-6H,(H,15,16). The van der Waals surface area contributed by atoms with Crippen molar-refractivity contribution < 1.29 is 17.2 Å². The van der Waals surface area contributed by atoms with Gasteiger partial charge in [-0.1, -0.05) is 17.7 Å². The van der Waals surface area contributed by atoms with Gasteiger partial charge in [0.15, 0.2) is 17.5 Å². The van der Waals surface area contributed by atoms with Gasteiger partial charge in [-0.3, -0.25) is 4.72 Å². The van der Waals surface area contributed by atoms with Crippen molar-refractivity contribution in [3.05, 3.63) is 53.2 Å². The Kier molecular flexibility index (Phi) is 3.68. The zero-order valence-corrected chi connectivity index (χ0v) is 10.8. The van der Waals surface area contributed by atoms with Gasteiger partial charge in [0.05, 0.1) is 5.02 Å². The maximum atomic E-state index is 13.6. The van der Waals surface area contributed by atoms with Crippen LogP contribution in [0.25, 0.3) is 0 Å². The van der Waals surface area contributed by atoms with Gasteiger partial charge in [-0.15, -0.1) is 0 Å². The summed E-state index contributed by atoms with van der Waals surface area (Å²) in [5, 5.41) is -0.343. The molecule has 0 aliphatic rings. The molecule has 0 atom stereocenters. The van der Waals surface area contributed by atoms with Gasteiger partial charge in [0, 0.05) is 6.20 Å². The van der Waals surface area contributed by atoms with Crippen molar-refractivity contribution >= 4 is 27.4 Å². The lowest BCUT2D eigenvalue weighted by Gasteiger charge is -2.09. The van der Waals surface area contributed by atoms with E-state index in [9.17, 15) is 17.2 Å². The van der Waals surface area contributed by atoms with Crippen LogP contribution in [0.4, 0.5) is 14.6 Å². The molecular formula is C11H7ClF2N2O2S. The molecule has 0 aliphatic heterocycles. The van der Waals surface area contributed by atoms with Crippen LogP contribution < -0.4 is 4.72 Å². The highest BCUT2D eigenvalue weighted by Crippen LogP contribution is 2.24. The molecule has 0 aliphatic carbocycles. The quantitative estimate of drug-likeness (QED) is 0.948. The summed E-state index contributed by atoms with van der Waals surface area (Å²) in [5.74, 6) is -2.48. The van der Waals surface area contributed by atoms with Gasteiger partial charge in [0.2, 0.25) is 0 Å². The number of anilines is 1. The van der Waals surface area contributed by atoms with E-state index in [1.807, 2.05) is 4.72 Å². The first-order chi connectivity index (χ1) is 8.92. The molecule has 2 rings (SSSR count). The van der Waals surface area contributed by atoms with Gasteiger partial charge in [-0.2, -0.15) is 0 Å². The van der Waals surface area contributed by atoms with E-state index in [1.165, 1.54) is 24.4 Å². The molecule has 0 fully saturated rings. The second-order valence-corrected chi connectivity index (χ2v) is 5.55. The molecule has 4 nitrogen and oxygen atoms in total. The summed E-state index contributed by atoms with van der Waals surface area (Å²) >= 11 is 5.50. The topological polar surface area (TPSA) is 59.1 Å². The molecule has 2 aromatic rings. The van der Waals surface area contributed by atoms with E-state index in [0.29, 0.717) is 0 Å². The lowest BCUT2D eigenvalue weighted by Crippen LogP contribution is -2.16. The number of benzene rings is 1. The fourth-order valence-corrected chi connectivity index (χ4v) is 2.68. The van der Waals surface area contributed by atoms with Crippen LogP contribution in [0.1, 0.15) is 0 Å². The molecule has 0 spiro atoms. The summed E-state index contributed by atoms with van der Waals surface area (Å²) in [6, 6.07) is 5.82. The van der Waals surface area contributed by atoms with E-state index >= 15 is 0 Å². The number of nitrogens with one attached hydrogen (secondary N) is 1.